The number of nitro groups is 1. The topological polar surface area (TPSA) is 69.4 Å². The summed E-state index contributed by atoms with van der Waals surface area (Å²) in [6.07, 6.45) is 1.42. The molecule has 0 fully saturated rings. The molecule has 3 rings (SSSR count). The first-order valence-corrected chi connectivity index (χ1v) is 9.19. The predicted octanol–water partition coefficient (Wildman–Crippen LogP) is 5.52. The first-order valence-electron chi connectivity index (χ1n) is 6.92. The van der Waals surface area contributed by atoms with Crippen LogP contribution in [0.4, 0.5) is 5.69 Å². The van der Waals surface area contributed by atoms with Crippen molar-refractivity contribution in [3.05, 3.63) is 61.7 Å². The van der Waals surface area contributed by atoms with Gasteiger partial charge in [0.25, 0.3) is 5.69 Å². The lowest BCUT2D eigenvalue weighted by atomic mass is 10.0. The second kappa shape index (κ2) is 6.43. The van der Waals surface area contributed by atoms with Crippen molar-refractivity contribution in [3.63, 3.8) is 0 Å². The lowest BCUT2D eigenvalue weighted by Gasteiger charge is -2.33. The number of rotatable bonds is 4. The number of fused-ring (bicyclic) bond motifs is 2. The maximum atomic E-state index is 12.1. The average Bonchev–Trinajstić information content (AvgIpc) is 2.81. The van der Waals surface area contributed by atoms with Crippen molar-refractivity contribution in [1.82, 2.24) is 0 Å². The summed E-state index contributed by atoms with van der Waals surface area (Å²) in [5, 5.41) is 10.6. The van der Waals surface area contributed by atoms with Gasteiger partial charge in [0.1, 0.15) is 16.4 Å². The summed E-state index contributed by atoms with van der Waals surface area (Å²) in [7, 11) is 0. The highest BCUT2D eigenvalue weighted by Gasteiger charge is 2.75. The molecule has 26 heavy (non-hydrogen) atoms. The number of alkyl halides is 4. The number of nitrogens with zero attached hydrogens (tertiary/aromatic N) is 1. The number of carbonyl (C=O) groups is 1. The van der Waals surface area contributed by atoms with Crippen LogP contribution in [-0.4, -0.2) is 31.6 Å². The predicted molar refractivity (Wildman–Crippen MR) is 102 cm³/mol. The Kier molecular flexibility index (Phi) is 4.96. The van der Waals surface area contributed by atoms with Crippen molar-refractivity contribution in [2.24, 2.45) is 0 Å². The zero-order valence-corrected chi connectivity index (χ0v) is 17.0. The summed E-state index contributed by atoms with van der Waals surface area (Å²) in [6.45, 7) is -0.296. The number of hydrogen-bond acceptors (Lipinski definition) is 4. The number of hydrogen-bond donors (Lipinski definition) is 0. The van der Waals surface area contributed by atoms with Gasteiger partial charge in [-0.05, 0) is 17.7 Å². The highest BCUT2D eigenvalue weighted by atomic mass is 35.5. The number of allylic oxidation sites excluding steroid dienone is 3. The standard InChI is InChI=1S/C15H7Cl6NO4/c16-10-11(17)14(19)8(5-13(10,18)15(14,20)21)6-26-12(23)7-1-3-9(4-2-7)22(24)25/h1-5H,6H2. The molecule has 0 aliphatic heterocycles. The lowest BCUT2D eigenvalue weighted by Crippen LogP contribution is -2.45. The minimum absolute atomic E-state index is 0.00581. The number of esters is 1. The average molecular weight is 478 g/mol. The normalized spacial score (nSPS) is 28.9. The molecule has 11 heteroatoms. The van der Waals surface area contributed by atoms with Crippen molar-refractivity contribution in [1.29, 1.82) is 0 Å². The van der Waals surface area contributed by atoms with E-state index in [0.717, 1.165) is 0 Å². The summed E-state index contributed by atoms with van der Waals surface area (Å²) < 4.78 is 3.42. The number of benzene rings is 1. The Morgan fingerprint density at radius 1 is 1.08 bits per heavy atom. The fourth-order valence-electron chi connectivity index (χ4n) is 2.76. The van der Waals surface area contributed by atoms with E-state index < -0.39 is 25.0 Å². The molecular formula is C15H7Cl6NO4. The number of halogens is 6. The smallest absolute Gasteiger partial charge is 0.338 e. The molecule has 0 radical (unpaired) electrons. The molecule has 1 aromatic rings. The van der Waals surface area contributed by atoms with E-state index in [2.05, 4.69) is 0 Å². The van der Waals surface area contributed by atoms with E-state index in [0.29, 0.717) is 0 Å². The van der Waals surface area contributed by atoms with Gasteiger partial charge < -0.3 is 4.74 Å². The van der Waals surface area contributed by atoms with Crippen LogP contribution in [0.1, 0.15) is 10.4 Å². The minimum atomic E-state index is -1.77. The summed E-state index contributed by atoms with van der Waals surface area (Å²) >= 11 is 37.8. The minimum Gasteiger partial charge on any atom is -0.457 e. The SMILES string of the molecule is O=C(OCC1=CC2(Cl)C(Cl)=C(Cl)C1(Cl)C2(Cl)Cl)c1ccc([N+](=O)[O-])cc1. The molecule has 0 saturated heterocycles. The Bertz CT molecular complexity index is 881. The first kappa shape index (κ1) is 20.1. The fourth-order valence-corrected chi connectivity index (χ4v) is 5.30. The highest BCUT2D eigenvalue weighted by Crippen LogP contribution is 2.71. The van der Waals surface area contributed by atoms with Gasteiger partial charge in [0.2, 0.25) is 0 Å². The van der Waals surface area contributed by atoms with E-state index in [-0.39, 0.29) is 33.5 Å². The maximum absolute atomic E-state index is 12.1. The van der Waals surface area contributed by atoms with E-state index in [4.69, 9.17) is 74.3 Å². The van der Waals surface area contributed by atoms with Gasteiger partial charge in [-0.2, -0.15) is 0 Å². The molecule has 0 amide bonds. The van der Waals surface area contributed by atoms with Crippen LogP contribution >= 0.6 is 69.6 Å². The summed E-state index contributed by atoms with van der Waals surface area (Å²) in [5.74, 6) is -0.728. The molecule has 0 N–H and O–H groups in total. The van der Waals surface area contributed by atoms with Crippen LogP contribution in [0.2, 0.25) is 0 Å². The Morgan fingerprint density at radius 3 is 2.12 bits per heavy atom. The molecular weight excluding hydrogens is 471 g/mol. The van der Waals surface area contributed by atoms with E-state index >= 15 is 0 Å². The van der Waals surface area contributed by atoms with Crippen LogP contribution in [-0.2, 0) is 4.74 Å². The second-order valence-corrected chi connectivity index (χ2v) is 8.87. The first-order chi connectivity index (χ1) is 12.0. The second-order valence-electron chi connectivity index (χ2n) is 5.62. The molecule has 5 nitrogen and oxygen atoms in total. The zero-order chi connectivity index (χ0) is 19.5. The quantitative estimate of drug-likeness (QED) is 0.188. The van der Waals surface area contributed by atoms with Crippen LogP contribution < -0.4 is 0 Å². The lowest BCUT2D eigenvalue weighted by molar-refractivity contribution is -0.384. The Hall–Kier alpha value is -0.690. The summed E-state index contributed by atoms with van der Waals surface area (Å²) in [4.78, 5) is 19.0. The third kappa shape index (κ3) is 2.56. The zero-order valence-electron chi connectivity index (χ0n) is 12.4. The molecule has 0 aromatic heterocycles. The Labute approximate surface area is 177 Å². The van der Waals surface area contributed by atoms with Crippen LogP contribution in [0.5, 0.6) is 0 Å². The van der Waals surface area contributed by atoms with Gasteiger partial charge in [0, 0.05) is 12.1 Å². The Balaban J connectivity index is 1.78. The van der Waals surface area contributed by atoms with E-state index in [1.54, 1.807) is 0 Å². The van der Waals surface area contributed by atoms with E-state index in [9.17, 15) is 14.9 Å². The van der Waals surface area contributed by atoms with Gasteiger partial charge in [-0.1, -0.05) is 52.5 Å². The van der Waals surface area contributed by atoms with Crippen LogP contribution in [0.25, 0.3) is 0 Å². The number of carbonyl (C=O) groups excluding carboxylic acids is 1. The molecule has 0 spiro atoms. The van der Waals surface area contributed by atoms with Gasteiger partial charge in [0.05, 0.1) is 20.6 Å². The molecule has 138 valence electrons. The molecule has 0 saturated carbocycles. The van der Waals surface area contributed by atoms with Gasteiger partial charge >= 0.3 is 5.97 Å². The molecule has 0 heterocycles. The van der Waals surface area contributed by atoms with E-state index in [1.807, 2.05) is 0 Å². The largest absolute Gasteiger partial charge is 0.457 e. The van der Waals surface area contributed by atoms with Crippen molar-refractivity contribution in [3.8, 4) is 0 Å². The van der Waals surface area contributed by atoms with Gasteiger partial charge in [-0.3, -0.25) is 10.1 Å². The monoisotopic (exact) mass is 475 g/mol. The Morgan fingerprint density at radius 2 is 1.65 bits per heavy atom. The number of non-ortho nitro benzene ring substituents is 1. The number of nitro benzene ring substituents is 1. The van der Waals surface area contributed by atoms with Crippen LogP contribution in [0.3, 0.4) is 0 Å². The molecule has 2 aliphatic rings. The molecule has 2 aliphatic carbocycles. The van der Waals surface area contributed by atoms with Gasteiger partial charge in [0.15, 0.2) is 4.33 Å². The van der Waals surface area contributed by atoms with Crippen molar-refractivity contribution in [2.75, 3.05) is 6.61 Å². The fraction of sp³-hybridized carbons (Fsp3) is 0.267. The molecule has 2 atom stereocenters. The van der Waals surface area contributed by atoms with Crippen molar-refractivity contribution >= 4 is 81.3 Å². The van der Waals surface area contributed by atoms with Gasteiger partial charge in [-0.15, -0.1) is 23.2 Å². The summed E-state index contributed by atoms with van der Waals surface area (Å²) in [5.41, 5.74) is 0.247. The number of ether oxygens (including phenoxy) is 1. The molecule has 2 unspecified atom stereocenters. The third-order valence-corrected chi connectivity index (χ3v) is 8.29. The van der Waals surface area contributed by atoms with E-state index in [1.165, 1.54) is 30.3 Å². The van der Waals surface area contributed by atoms with Crippen LogP contribution in [0.15, 0.2) is 46.0 Å². The van der Waals surface area contributed by atoms with Crippen LogP contribution in [0, 0.1) is 10.1 Å². The summed E-state index contributed by atoms with van der Waals surface area (Å²) in [6, 6.07) is 4.91. The third-order valence-electron chi connectivity index (χ3n) is 4.19. The van der Waals surface area contributed by atoms with Gasteiger partial charge in [-0.25, -0.2) is 4.79 Å². The molecule has 1 aromatic carbocycles. The van der Waals surface area contributed by atoms with Crippen molar-refractivity contribution < 1.29 is 14.5 Å². The highest BCUT2D eigenvalue weighted by molar-refractivity contribution is 6.66. The molecule has 2 bridgehead atoms. The maximum Gasteiger partial charge on any atom is 0.338 e. The van der Waals surface area contributed by atoms with Crippen molar-refractivity contribution in [2.45, 2.75) is 14.1 Å².